The summed E-state index contributed by atoms with van der Waals surface area (Å²) in [6.45, 7) is 4.49. The minimum absolute atomic E-state index is 0.831. The lowest BCUT2D eigenvalue weighted by Gasteiger charge is -2.21. The van der Waals surface area contributed by atoms with Crippen LogP contribution in [-0.4, -0.2) is 22.5 Å². The SMILES string of the molecule is CCCCN(Cc1ccc(Br)cn1)C1CC1. The van der Waals surface area contributed by atoms with E-state index >= 15 is 0 Å². The van der Waals surface area contributed by atoms with Crippen molar-refractivity contribution in [1.82, 2.24) is 9.88 Å². The molecule has 88 valence electrons. The van der Waals surface area contributed by atoms with Crippen LogP contribution in [0.15, 0.2) is 22.8 Å². The molecule has 2 rings (SSSR count). The molecule has 0 spiro atoms. The number of pyridine rings is 1. The fourth-order valence-electron chi connectivity index (χ4n) is 1.90. The fourth-order valence-corrected chi connectivity index (χ4v) is 2.13. The van der Waals surface area contributed by atoms with Crippen LogP contribution < -0.4 is 0 Å². The molecule has 0 N–H and O–H groups in total. The van der Waals surface area contributed by atoms with Crippen molar-refractivity contribution in [2.45, 2.75) is 45.2 Å². The molecule has 0 unspecified atom stereocenters. The molecule has 2 nitrogen and oxygen atoms in total. The molecule has 3 heteroatoms. The first kappa shape index (κ1) is 12.1. The first-order chi connectivity index (χ1) is 7.79. The van der Waals surface area contributed by atoms with E-state index in [1.165, 1.54) is 37.9 Å². The summed E-state index contributed by atoms with van der Waals surface area (Å²) in [5.74, 6) is 0. The van der Waals surface area contributed by atoms with Crippen molar-refractivity contribution in [3.63, 3.8) is 0 Å². The highest BCUT2D eigenvalue weighted by Crippen LogP contribution is 2.28. The van der Waals surface area contributed by atoms with E-state index in [4.69, 9.17) is 0 Å². The van der Waals surface area contributed by atoms with Gasteiger partial charge in [-0.05, 0) is 53.9 Å². The number of halogens is 1. The van der Waals surface area contributed by atoms with Crippen molar-refractivity contribution >= 4 is 15.9 Å². The minimum Gasteiger partial charge on any atom is -0.295 e. The van der Waals surface area contributed by atoms with Gasteiger partial charge < -0.3 is 0 Å². The number of nitrogens with zero attached hydrogens (tertiary/aromatic N) is 2. The van der Waals surface area contributed by atoms with E-state index in [9.17, 15) is 0 Å². The quantitative estimate of drug-likeness (QED) is 0.793. The fraction of sp³-hybridized carbons (Fsp3) is 0.615. The molecule has 0 bridgehead atoms. The molecule has 0 aromatic carbocycles. The highest BCUT2D eigenvalue weighted by Gasteiger charge is 2.28. The van der Waals surface area contributed by atoms with Crippen molar-refractivity contribution < 1.29 is 0 Å². The lowest BCUT2D eigenvalue weighted by atomic mass is 10.2. The van der Waals surface area contributed by atoms with Crippen molar-refractivity contribution in [3.05, 3.63) is 28.5 Å². The summed E-state index contributed by atoms with van der Waals surface area (Å²) in [6, 6.07) is 5.02. The summed E-state index contributed by atoms with van der Waals surface area (Å²) in [5, 5.41) is 0. The molecule has 0 saturated heterocycles. The first-order valence-corrected chi connectivity index (χ1v) is 6.93. The highest BCUT2D eigenvalue weighted by atomic mass is 79.9. The summed E-state index contributed by atoms with van der Waals surface area (Å²) < 4.78 is 1.06. The van der Waals surface area contributed by atoms with Gasteiger partial charge in [-0.3, -0.25) is 9.88 Å². The molecule has 0 aliphatic heterocycles. The second-order valence-electron chi connectivity index (χ2n) is 4.52. The molecule has 1 aromatic heterocycles. The molecule has 1 heterocycles. The normalized spacial score (nSPS) is 15.7. The third kappa shape index (κ3) is 3.56. The molecule has 1 fully saturated rings. The standard InChI is InChI=1S/C13H19BrN2/c1-2-3-8-16(13-6-7-13)10-12-5-4-11(14)9-15-12/h4-5,9,13H,2-3,6-8,10H2,1H3. The molecular weight excluding hydrogens is 264 g/mol. The average Bonchev–Trinajstić information content (AvgIpc) is 3.11. The number of aromatic nitrogens is 1. The maximum Gasteiger partial charge on any atom is 0.0544 e. The van der Waals surface area contributed by atoms with E-state index in [0.717, 1.165) is 17.1 Å². The second kappa shape index (κ2) is 5.78. The van der Waals surface area contributed by atoms with E-state index in [0.29, 0.717) is 0 Å². The summed E-state index contributed by atoms with van der Waals surface area (Å²) in [4.78, 5) is 7.03. The van der Waals surface area contributed by atoms with Gasteiger partial charge in [0.2, 0.25) is 0 Å². The van der Waals surface area contributed by atoms with Crippen LogP contribution in [-0.2, 0) is 6.54 Å². The molecule has 1 saturated carbocycles. The molecule has 16 heavy (non-hydrogen) atoms. The lowest BCUT2D eigenvalue weighted by molar-refractivity contribution is 0.248. The summed E-state index contributed by atoms with van der Waals surface area (Å²) in [7, 11) is 0. The Morgan fingerprint density at radius 3 is 2.81 bits per heavy atom. The number of unbranched alkanes of at least 4 members (excludes halogenated alkanes) is 1. The summed E-state index contributed by atoms with van der Waals surface area (Å²) in [5.41, 5.74) is 1.19. The molecule has 0 atom stereocenters. The van der Waals surface area contributed by atoms with Crippen LogP contribution in [0.4, 0.5) is 0 Å². The Balaban J connectivity index is 1.91. The Hall–Kier alpha value is -0.410. The Morgan fingerprint density at radius 1 is 1.44 bits per heavy atom. The summed E-state index contributed by atoms with van der Waals surface area (Å²) >= 11 is 3.42. The largest absolute Gasteiger partial charge is 0.295 e. The zero-order valence-corrected chi connectivity index (χ0v) is 11.4. The third-order valence-corrected chi connectivity index (χ3v) is 3.48. The van der Waals surface area contributed by atoms with Crippen LogP contribution in [0.2, 0.25) is 0 Å². The maximum absolute atomic E-state index is 4.45. The molecule has 1 aliphatic carbocycles. The van der Waals surface area contributed by atoms with Crippen molar-refractivity contribution in [2.24, 2.45) is 0 Å². The lowest BCUT2D eigenvalue weighted by Crippen LogP contribution is -2.27. The van der Waals surface area contributed by atoms with E-state index < -0.39 is 0 Å². The monoisotopic (exact) mass is 282 g/mol. The third-order valence-electron chi connectivity index (χ3n) is 3.02. The van der Waals surface area contributed by atoms with Gasteiger partial charge in [0.15, 0.2) is 0 Å². The van der Waals surface area contributed by atoms with E-state index in [2.05, 4.69) is 44.9 Å². The molecule has 1 aliphatic rings. The van der Waals surface area contributed by atoms with Crippen molar-refractivity contribution in [2.75, 3.05) is 6.54 Å². The molecule has 0 radical (unpaired) electrons. The van der Waals surface area contributed by atoms with Gasteiger partial charge in [-0.1, -0.05) is 13.3 Å². The van der Waals surface area contributed by atoms with Crippen LogP contribution in [0.3, 0.4) is 0 Å². The van der Waals surface area contributed by atoms with Gasteiger partial charge in [0.05, 0.1) is 5.69 Å². The van der Waals surface area contributed by atoms with Gasteiger partial charge in [-0.15, -0.1) is 0 Å². The highest BCUT2D eigenvalue weighted by molar-refractivity contribution is 9.10. The Morgan fingerprint density at radius 2 is 2.25 bits per heavy atom. The Bertz CT molecular complexity index is 319. The predicted octanol–water partition coefficient (Wildman–Crippen LogP) is 3.61. The van der Waals surface area contributed by atoms with Crippen LogP contribution in [0.25, 0.3) is 0 Å². The Kier molecular flexibility index (Phi) is 4.36. The van der Waals surface area contributed by atoms with Crippen LogP contribution >= 0.6 is 15.9 Å². The van der Waals surface area contributed by atoms with Gasteiger partial charge in [-0.25, -0.2) is 0 Å². The van der Waals surface area contributed by atoms with Crippen LogP contribution in [0, 0.1) is 0 Å². The maximum atomic E-state index is 4.45. The van der Waals surface area contributed by atoms with E-state index in [-0.39, 0.29) is 0 Å². The first-order valence-electron chi connectivity index (χ1n) is 6.14. The van der Waals surface area contributed by atoms with Crippen molar-refractivity contribution in [3.8, 4) is 0 Å². The van der Waals surface area contributed by atoms with Gasteiger partial charge in [0.25, 0.3) is 0 Å². The zero-order valence-electron chi connectivity index (χ0n) is 9.82. The van der Waals surface area contributed by atoms with E-state index in [1.807, 2.05) is 6.20 Å². The van der Waals surface area contributed by atoms with E-state index in [1.54, 1.807) is 0 Å². The molecule has 0 amide bonds. The predicted molar refractivity (Wildman–Crippen MR) is 70.3 cm³/mol. The second-order valence-corrected chi connectivity index (χ2v) is 5.44. The minimum atomic E-state index is 0.831. The molecule has 1 aromatic rings. The van der Waals surface area contributed by atoms with Crippen LogP contribution in [0.5, 0.6) is 0 Å². The van der Waals surface area contributed by atoms with Gasteiger partial charge >= 0.3 is 0 Å². The Labute approximate surface area is 106 Å². The van der Waals surface area contributed by atoms with Gasteiger partial charge in [0.1, 0.15) is 0 Å². The number of rotatable bonds is 6. The average molecular weight is 283 g/mol. The van der Waals surface area contributed by atoms with Gasteiger partial charge in [0, 0.05) is 23.3 Å². The topological polar surface area (TPSA) is 16.1 Å². The van der Waals surface area contributed by atoms with Crippen LogP contribution in [0.1, 0.15) is 38.3 Å². The summed E-state index contributed by atoms with van der Waals surface area (Å²) in [6.07, 6.45) is 7.21. The number of hydrogen-bond donors (Lipinski definition) is 0. The van der Waals surface area contributed by atoms with Crippen molar-refractivity contribution in [1.29, 1.82) is 0 Å². The smallest absolute Gasteiger partial charge is 0.0544 e. The van der Waals surface area contributed by atoms with Gasteiger partial charge in [-0.2, -0.15) is 0 Å². The molecular formula is C13H19BrN2. The zero-order chi connectivity index (χ0) is 11.4. The number of hydrogen-bond acceptors (Lipinski definition) is 2.